The third-order valence-corrected chi connectivity index (χ3v) is 4.23. The molecule has 0 heterocycles. The smallest absolute Gasteiger partial charge is 0.261 e. The van der Waals surface area contributed by atoms with E-state index in [9.17, 15) is 12.8 Å². The summed E-state index contributed by atoms with van der Waals surface area (Å²) in [6.45, 7) is 2.05. The molecule has 0 atom stereocenters. The summed E-state index contributed by atoms with van der Waals surface area (Å²) in [5.74, 6) is -0.649. The first-order chi connectivity index (χ1) is 9.42. The van der Waals surface area contributed by atoms with E-state index >= 15 is 0 Å². The number of aryl methyl sites for hydroxylation is 1. The number of hydrogen-bond donors (Lipinski definition) is 2. The molecule has 0 saturated carbocycles. The number of anilines is 1. The average molecular weight is 294 g/mol. The van der Waals surface area contributed by atoms with E-state index in [-0.39, 0.29) is 17.1 Å². The first-order valence-corrected chi connectivity index (χ1v) is 7.48. The number of hydrogen-bond acceptors (Lipinski definition) is 3. The predicted molar refractivity (Wildman–Crippen MR) is 76.3 cm³/mol. The van der Waals surface area contributed by atoms with Crippen molar-refractivity contribution in [3.63, 3.8) is 0 Å². The quantitative estimate of drug-likeness (QED) is 0.909. The Bertz CT molecular complexity index is 712. The molecule has 0 aliphatic carbocycles. The molecule has 0 saturated heterocycles. The van der Waals surface area contributed by atoms with Gasteiger partial charge in [-0.1, -0.05) is 23.8 Å². The molecule has 2 rings (SSSR count). The van der Waals surface area contributed by atoms with Gasteiger partial charge in [-0.15, -0.1) is 0 Å². The maximum Gasteiger partial charge on any atom is 0.261 e. The molecule has 0 aromatic heterocycles. The van der Waals surface area contributed by atoms with Crippen LogP contribution in [0.3, 0.4) is 0 Å². The van der Waals surface area contributed by atoms with Crippen molar-refractivity contribution in [2.75, 3.05) is 4.72 Å². The summed E-state index contributed by atoms with van der Waals surface area (Å²) in [5, 5.41) is 0. The van der Waals surface area contributed by atoms with Crippen molar-refractivity contribution in [3.05, 3.63) is 59.4 Å². The second kappa shape index (κ2) is 5.60. The Morgan fingerprint density at radius 2 is 1.80 bits per heavy atom. The SMILES string of the molecule is Cc1ccc(S(=O)(=O)Nc2ccc(CN)cc2F)cc1. The van der Waals surface area contributed by atoms with Gasteiger partial charge < -0.3 is 5.73 Å². The third kappa shape index (κ3) is 3.15. The molecule has 20 heavy (non-hydrogen) atoms. The Hall–Kier alpha value is -1.92. The summed E-state index contributed by atoms with van der Waals surface area (Å²) < 4.78 is 40.2. The zero-order chi connectivity index (χ0) is 14.8. The molecule has 4 nitrogen and oxygen atoms in total. The number of halogens is 1. The van der Waals surface area contributed by atoms with Crippen LogP contribution < -0.4 is 10.5 Å². The molecule has 106 valence electrons. The lowest BCUT2D eigenvalue weighted by molar-refractivity contribution is 0.598. The first-order valence-electron chi connectivity index (χ1n) is 6.00. The van der Waals surface area contributed by atoms with Gasteiger partial charge in [0.2, 0.25) is 0 Å². The maximum absolute atomic E-state index is 13.8. The number of nitrogens with one attached hydrogen (secondary N) is 1. The minimum Gasteiger partial charge on any atom is -0.326 e. The van der Waals surface area contributed by atoms with Crippen molar-refractivity contribution in [1.29, 1.82) is 0 Å². The molecule has 0 radical (unpaired) electrons. The topological polar surface area (TPSA) is 72.2 Å². The highest BCUT2D eigenvalue weighted by molar-refractivity contribution is 7.92. The van der Waals surface area contributed by atoms with Crippen molar-refractivity contribution in [2.24, 2.45) is 5.73 Å². The Labute approximate surface area is 117 Å². The molecule has 2 aromatic rings. The number of sulfonamides is 1. The second-order valence-electron chi connectivity index (χ2n) is 4.44. The summed E-state index contributed by atoms with van der Waals surface area (Å²) in [6.07, 6.45) is 0. The molecule has 0 bridgehead atoms. The fourth-order valence-corrected chi connectivity index (χ4v) is 2.76. The van der Waals surface area contributed by atoms with Crippen LogP contribution in [0.25, 0.3) is 0 Å². The molecule has 0 unspecified atom stereocenters. The molecule has 0 fully saturated rings. The van der Waals surface area contributed by atoms with E-state index < -0.39 is 15.8 Å². The van der Waals surface area contributed by atoms with E-state index in [0.717, 1.165) is 5.56 Å². The minimum absolute atomic E-state index is 0.0883. The standard InChI is InChI=1S/C14H15FN2O2S/c1-10-2-5-12(6-3-10)20(18,19)17-14-7-4-11(9-16)8-13(14)15/h2-8,17H,9,16H2,1H3. The molecule has 6 heteroatoms. The lowest BCUT2D eigenvalue weighted by Gasteiger charge is -2.10. The van der Waals surface area contributed by atoms with Gasteiger partial charge in [-0.25, -0.2) is 12.8 Å². The van der Waals surface area contributed by atoms with Gasteiger partial charge in [0, 0.05) is 6.54 Å². The number of benzene rings is 2. The van der Waals surface area contributed by atoms with E-state index in [2.05, 4.69) is 4.72 Å². The molecule has 0 amide bonds. The van der Waals surface area contributed by atoms with Crippen LogP contribution in [0.4, 0.5) is 10.1 Å². The average Bonchev–Trinajstić information content (AvgIpc) is 2.41. The van der Waals surface area contributed by atoms with Crippen LogP contribution in [-0.2, 0) is 16.6 Å². The van der Waals surface area contributed by atoms with Crippen LogP contribution >= 0.6 is 0 Å². The number of rotatable bonds is 4. The monoisotopic (exact) mass is 294 g/mol. The highest BCUT2D eigenvalue weighted by Crippen LogP contribution is 2.20. The maximum atomic E-state index is 13.8. The highest BCUT2D eigenvalue weighted by atomic mass is 32.2. The van der Waals surface area contributed by atoms with Gasteiger partial charge in [-0.05, 0) is 36.8 Å². The molecule has 0 aliphatic heterocycles. The zero-order valence-electron chi connectivity index (χ0n) is 10.9. The molecule has 3 N–H and O–H groups in total. The molecular formula is C14H15FN2O2S. The fraction of sp³-hybridized carbons (Fsp3) is 0.143. The van der Waals surface area contributed by atoms with Crippen LogP contribution in [0.5, 0.6) is 0 Å². The molecule has 2 aromatic carbocycles. The van der Waals surface area contributed by atoms with E-state index in [0.29, 0.717) is 5.56 Å². The van der Waals surface area contributed by atoms with Crippen LogP contribution in [0.2, 0.25) is 0 Å². The van der Waals surface area contributed by atoms with E-state index in [1.54, 1.807) is 18.2 Å². The Balaban J connectivity index is 2.31. The summed E-state index contributed by atoms with van der Waals surface area (Å²) >= 11 is 0. The fourth-order valence-electron chi connectivity index (χ4n) is 1.69. The Morgan fingerprint density at radius 1 is 1.15 bits per heavy atom. The van der Waals surface area contributed by atoms with Crippen LogP contribution in [0, 0.1) is 12.7 Å². The van der Waals surface area contributed by atoms with Crippen LogP contribution in [-0.4, -0.2) is 8.42 Å². The minimum atomic E-state index is -3.79. The molecular weight excluding hydrogens is 279 g/mol. The van der Waals surface area contributed by atoms with Crippen molar-refractivity contribution in [2.45, 2.75) is 18.4 Å². The Morgan fingerprint density at radius 3 is 2.35 bits per heavy atom. The van der Waals surface area contributed by atoms with E-state index in [1.165, 1.54) is 24.3 Å². The Kier molecular flexibility index (Phi) is 4.06. The van der Waals surface area contributed by atoms with E-state index in [1.807, 2.05) is 6.92 Å². The van der Waals surface area contributed by atoms with Gasteiger partial charge in [0.05, 0.1) is 10.6 Å². The second-order valence-corrected chi connectivity index (χ2v) is 6.12. The largest absolute Gasteiger partial charge is 0.326 e. The highest BCUT2D eigenvalue weighted by Gasteiger charge is 2.16. The summed E-state index contributed by atoms with van der Waals surface area (Å²) in [4.78, 5) is 0.0883. The lowest BCUT2D eigenvalue weighted by Crippen LogP contribution is -2.14. The van der Waals surface area contributed by atoms with Crippen LogP contribution in [0.1, 0.15) is 11.1 Å². The zero-order valence-corrected chi connectivity index (χ0v) is 11.7. The van der Waals surface area contributed by atoms with Gasteiger partial charge in [-0.2, -0.15) is 0 Å². The molecule has 0 spiro atoms. The van der Waals surface area contributed by atoms with Gasteiger partial charge in [0.15, 0.2) is 0 Å². The van der Waals surface area contributed by atoms with Crippen molar-refractivity contribution in [3.8, 4) is 0 Å². The van der Waals surface area contributed by atoms with Gasteiger partial charge in [-0.3, -0.25) is 4.72 Å². The van der Waals surface area contributed by atoms with Crippen LogP contribution in [0.15, 0.2) is 47.4 Å². The predicted octanol–water partition coefficient (Wildman–Crippen LogP) is 2.39. The van der Waals surface area contributed by atoms with E-state index in [4.69, 9.17) is 5.73 Å². The van der Waals surface area contributed by atoms with Crippen molar-refractivity contribution >= 4 is 15.7 Å². The van der Waals surface area contributed by atoms with Crippen molar-refractivity contribution in [1.82, 2.24) is 0 Å². The normalized spacial score (nSPS) is 11.3. The summed E-state index contributed by atoms with van der Waals surface area (Å²) in [6, 6.07) is 10.5. The van der Waals surface area contributed by atoms with Gasteiger partial charge in [0.25, 0.3) is 10.0 Å². The molecule has 0 aliphatic rings. The first kappa shape index (κ1) is 14.5. The summed E-state index contributed by atoms with van der Waals surface area (Å²) in [7, 11) is -3.79. The summed E-state index contributed by atoms with van der Waals surface area (Å²) in [5.41, 5.74) is 6.85. The third-order valence-electron chi connectivity index (χ3n) is 2.84. The van der Waals surface area contributed by atoms with Gasteiger partial charge >= 0.3 is 0 Å². The van der Waals surface area contributed by atoms with Crippen molar-refractivity contribution < 1.29 is 12.8 Å². The van der Waals surface area contributed by atoms with Gasteiger partial charge in [0.1, 0.15) is 5.82 Å². The lowest BCUT2D eigenvalue weighted by atomic mass is 10.2. The number of nitrogens with two attached hydrogens (primary N) is 1.